The van der Waals surface area contributed by atoms with E-state index in [-0.39, 0.29) is 28.3 Å². The summed E-state index contributed by atoms with van der Waals surface area (Å²) in [5, 5.41) is 3.57. The number of sulfone groups is 1. The molecule has 9 heteroatoms. The van der Waals surface area contributed by atoms with E-state index in [2.05, 4.69) is 10.3 Å². The minimum absolute atomic E-state index is 0.0371. The van der Waals surface area contributed by atoms with Crippen molar-refractivity contribution in [1.82, 2.24) is 15.2 Å². The monoisotopic (exact) mass is 471 g/mol. The first-order valence-corrected chi connectivity index (χ1v) is 12.3. The molecule has 0 radical (unpaired) electrons. The molecule has 0 aliphatic carbocycles. The number of nitrogens with one attached hydrogen (secondary N) is 2. The minimum Gasteiger partial charge on any atom is -0.348 e. The van der Waals surface area contributed by atoms with Crippen molar-refractivity contribution < 1.29 is 18.0 Å². The zero-order chi connectivity index (χ0) is 24.2. The summed E-state index contributed by atoms with van der Waals surface area (Å²) in [6.07, 6.45) is 2.25. The van der Waals surface area contributed by atoms with Gasteiger partial charge in [-0.2, -0.15) is 0 Å². The van der Waals surface area contributed by atoms with E-state index in [1.807, 2.05) is 20.8 Å². The molecule has 0 spiro atoms. The molecule has 2 N–H and O–H groups in total. The fraction of sp³-hybridized carbons (Fsp3) is 0.375. The normalized spacial score (nSPS) is 14.2. The van der Waals surface area contributed by atoms with Crippen LogP contribution in [0.2, 0.25) is 0 Å². The van der Waals surface area contributed by atoms with E-state index in [4.69, 9.17) is 0 Å². The van der Waals surface area contributed by atoms with E-state index in [1.165, 1.54) is 24.3 Å². The second-order valence-corrected chi connectivity index (χ2v) is 11.1. The smallest absolute Gasteiger partial charge is 0.261 e. The molecule has 1 aromatic heterocycles. The van der Waals surface area contributed by atoms with Gasteiger partial charge in [0, 0.05) is 43.6 Å². The number of hydrogen-bond acceptors (Lipinski definition) is 5. The topological polar surface area (TPSA) is 116 Å². The third-order valence-corrected chi connectivity index (χ3v) is 6.69. The molecule has 0 unspecified atom stereocenters. The van der Waals surface area contributed by atoms with Crippen molar-refractivity contribution >= 4 is 21.7 Å². The Kier molecular flexibility index (Phi) is 7.22. The number of hydrogen-bond donors (Lipinski definition) is 2. The molecule has 1 aliphatic heterocycles. The van der Waals surface area contributed by atoms with Crippen LogP contribution in [0.25, 0.3) is 0 Å². The molecule has 176 valence electrons. The number of rotatable bonds is 6. The van der Waals surface area contributed by atoms with Crippen LogP contribution in [-0.2, 0) is 27.6 Å². The number of aromatic nitrogens is 1. The zero-order valence-corrected chi connectivity index (χ0v) is 19.9. The summed E-state index contributed by atoms with van der Waals surface area (Å²) in [4.78, 5) is 42.2. The molecule has 1 aliphatic rings. The van der Waals surface area contributed by atoms with Crippen LogP contribution in [0, 0.1) is 5.41 Å². The van der Waals surface area contributed by atoms with Gasteiger partial charge in [-0.05, 0) is 29.2 Å². The van der Waals surface area contributed by atoms with Gasteiger partial charge in [0.2, 0.25) is 5.91 Å². The number of carbonyl (C=O) groups excluding carboxylic acids is 2. The maximum absolute atomic E-state index is 12.6. The summed E-state index contributed by atoms with van der Waals surface area (Å²) < 4.78 is 24.5. The molecule has 0 atom stereocenters. The highest BCUT2D eigenvalue weighted by Crippen LogP contribution is 2.23. The Bertz CT molecular complexity index is 1220. The fourth-order valence-corrected chi connectivity index (χ4v) is 4.61. The second-order valence-electron chi connectivity index (χ2n) is 9.26. The number of pyridine rings is 1. The molecule has 0 bridgehead atoms. The average molecular weight is 472 g/mol. The van der Waals surface area contributed by atoms with Gasteiger partial charge in [0.1, 0.15) is 5.56 Å². The first-order chi connectivity index (χ1) is 15.5. The van der Waals surface area contributed by atoms with Crippen LogP contribution in [0.3, 0.4) is 0 Å². The van der Waals surface area contributed by atoms with E-state index in [0.717, 1.165) is 16.7 Å². The first-order valence-electron chi connectivity index (χ1n) is 10.7. The summed E-state index contributed by atoms with van der Waals surface area (Å²) in [5.41, 5.74) is 0.745. The third-order valence-electron chi connectivity index (χ3n) is 5.21. The zero-order valence-electron chi connectivity index (χ0n) is 19.1. The third kappa shape index (κ3) is 6.41. The Labute approximate surface area is 193 Å². The van der Waals surface area contributed by atoms with Crippen molar-refractivity contribution in [2.24, 2.45) is 5.41 Å². The van der Waals surface area contributed by atoms with E-state index in [0.29, 0.717) is 25.9 Å². The summed E-state index contributed by atoms with van der Waals surface area (Å²) in [7, 11) is -3.61. The van der Waals surface area contributed by atoms with Gasteiger partial charge in [-0.3, -0.25) is 14.4 Å². The molecule has 2 amide bonds. The number of nitrogens with zero attached hydrogens (tertiary/aromatic N) is 1. The molecule has 2 heterocycles. The van der Waals surface area contributed by atoms with E-state index >= 15 is 0 Å². The summed E-state index contributed by atoms with van der Waals surface area (Å²) >= 11 is 0. The van der Waals surface area contributed by atoms with Crippen LogP contribution in [0.4, 0.5) is 0 Å². The quantitative estimate of drug-likeness (QED) is 0.671. The molecule has 0 fully saturated rings. The Morgan fingerprint density at radius 1 is 1.18 bits per heavy atom. The highest BCUT2D eigenvalue weighted by atomic mass is 32.2. The van der Waals surface area contributed by atoms with Gasteiger partial charge >= 0.3 is 0 Å². The van der Waals surface area contributed by atoms with Crippen LogP contribution in [0.5, 0.6) is 0 Å². The van der Waals surface area contributed by atoms with Crippen LogP contribution < -0.4 is 10.9 Å². The van der Waals surface area contributed by atoms with E-state index in [9.17, 15) is 22.8 Å². The lowest BCUT2D eigenvalue weighted by atomic mass is 9.91. The molecule has 1 aromatic carbocycles. The summed E-state index contributed by atoms with van der Waals surface area (Å²) in [5.74, 6) is -0.575. The predicted molar refractivity (Wildman–Crippen MR) is 125 cm³/mol. The van der Waals surface area contributed by atoms with Crippen molar-refractivity contribution in [2.45, 2.75) is 45.1 Å². The molecular weight excluding hydrogens is 442 g/mol. The highest BCUT2D eigenvalue weighted by Gasteiger charge is 2.26. The number of benzene rings is 1. The van der Waals surface area contributed by atoms with Crippen LogP contribution in [0.15, 0.2) is 57.6 Å². The number of fused-ring (bicyclic) bond motifs is 1. The Morgan fingerprint density at radius 2 is 1.88 bits per heavy atom. The Balaban J connectivity index is 1.67. The lowest BCUT2D eigenvalue weighted by Crippen LogP contribution is -2.39. The minimum atomic E-state index is -3.61. The number of aromatic amines is 1. The van der Waals surface area contributed by atoms with Crippen LogP contribution >= 0.6 is 0 Å². The number of carbonyl (C=O) groups is 2. The standard InChI is InChI=1S/C24H29N3O5S/c1-24(2,3)15-21(28)27-12-10-20-17(16-27)14-19(23(30)26-20)22(29)25-11-7-13-33(31,32)18-8-5-4-6-9-18/h4-9,13-14H,10-12,15-16H2,1-3H3,(H,25,29)(H,26,30)/b13-7+. The molecule has 3 rings (SSSR count). The van der Waals surface area contributed by atoms with Gasteiger partial charge < -0.3 is 15.2 Å². The molecule has 0 saturated carbocycles. The van der Waals surface area contributed by atoms with Crippen molar-refractivity contribution in [2.75, 3.05) is 13.1 Å². The fourth-order valence-electron chi connectivity index (χ4n) is 3.56. The van der Waals surface area contributed by atoms with Gasteiger partial charge in [-0.1, -0.05) is 45.0 Å². The molecule has 8 nitrogen and oxygen atoms in total. The van der Waals surface area contributed by atoms with Gasteiger partial charge in [-0.15, -0.1) is 0 Å². The number of amides is 2. The number of H-pyrrole nitrogens is 1. The molecule has 0 saturated heterocycles. The maximum Gasteiger partial charge on any atom is 0.261 e. The van der Waals surface area contributed by atoms with E-state index < -0.39 is 21.3 Å². The highest BCUT2D eigenvalue weighted by molar-refractivity contribution is 7.94. The predicted octanol–water partition coefficient (Wildman–Crippen LogP) is 2.41. The first kappa shape index (κ1) is 24.4. The van der Waals surface area contributed by atoms with Gasteiger partial charge in [0.05, 0.1) is 4.90 Å². The maximum atomic E-state index is 12.6. The van der Waals surface area contributed by atoms with Crippen LogP contribution in [-0.4, -0.2) is 43.2 Å². The SMILES string of the molecule is CC(C)(C)CC(=O)N1CCc2[nH]c(=O)c(C(=O)NC/C=C/S(=O)(=O)c3ccccc3)cc2C1. The largest absolute Gasteiger partial charge is 0.348 e. The van der Waals surface area contributed by atoms with Gasteiger partial charge in [0.25, 0.3) is 11.5 Å². The molecule has 33 heavy (non-hydrogen) atoms. The summed E-state index contributed by atoms with van der Waals surface area (Å²) in [6.45, 7) is 6.80. The lowest BCUT2D eigenvalue weighted by molar-refractivity contribution is -0.134. The Morgan fingerprint density at radius 3 is 2.55 bits per heavy atom. The van der Waals surface area contributed by atoms with Crippen molar-refractivity contribution in [3.05, 3.63) is 75.1 Å². The second kappa shape index (κ2) is 9.74. The average Bonchev–Trinajstić information content (AvgIpc) is 2.75. The van der Waals surface area contributed by atoms with Crippen molar-refractivity contribution in [1.29, 1.82) is 0 Å². The summed E-state index contributed by atoms with van der Waals surface area (Å²) in [6, 6.07) is 9.47. The van der Waals surface area contributed by atoms with Gasteiger partial charge in [-0.25, -0.2) is 8.42 Å². The van der Waals surface area contributed by atoms with E-state index in [1.54, 1.807) is 23.1 Å². The van der Waals surface area contributed by atoms with Crippen molar-refractivity contribution in [3.63, 3.8) is 0 Å². The van der Waals surface area contributed by atoms with Crippen molar-refractivity contribution in [3.8, 4) is 0 Å². The van der Waals surface area contributed by atoms with Gasteiger partial charge in [0.15, 0.2) is 9.84 Å². The Hall–Kier alpha value is -3.20. The van der Waals surface area contributed by atoms with Crippen LogP contribution in [0.1, 0.15) is 48.8 Å². The molecular formula is C24H29N3O5S. The lowest BCUT2D eigenvalue weighted by Gasteiger charge is -2.31. The molecule has 2 aromatic rings.